The van der Waals surface area contributed by atoms with Crippen LogP contribution in [0.3, 0.4) is 0 Å². The summed E-state index contributed by atoms with van der Waals surface area (Å²) < 4.78 is 13.0. The smallest absolute Gasteiger partial charge is 0.335 e. The Morgan fingerprint density at radius 1 is 1.29 bits per heavy atom. The van der Waals surface area contributed by atoms with Crippen molar-refractivity contribution in [3.05, 3.63) is 41.9 Å². The Hall–Kier alpha value is -2.74. The van der Waals surface area contributed by atoms with Crippen LogP contribution >= 0.6 is 0 Å². The van der Waals surface area contributed by atoms with Crippen LogP contribution in [0.2, 0.25) is 0 Å². The summed E-state index contributed by atoms with van der Waals surface area (Å²) in [7, 11) is 1.87. The Bertz CT molecular complexity index is 668. The summed E-state index contributed by atoms with van der Waals surface area (Å²) in [5, 5.41) is 9.04. The third kappa shape index (κ3) is 3.77. The number of carboxylic acids is 1. The zero-order valence-corrected chi connectivity index (χ0v) is 13.3. The lowest BCUT2D eigenvalue weighted by Crippen LogP contribution is -2.59. The topological polar surface area (TPSA) is 81.2 Å². The van der Waals surface area contributed by atoms with Crippen LogP contribution in [-0.4, -0.2) is 59.5 Å². The molecular weight excluding hydrogens is 317 g/mol. The van der Waals surface area contributed by atoms with Crippen LogP contribution in [-0.2, 0) is 9.59 Å². The number of anilines is 1. The first kappa shape index (κ1) is 17.6. The predicted molar refractivity (Wildman–Crippen MR) is 84.9 cm³/mol. The van der Waals surface area contributed by atoms with Crippen LogP contribution in [0.15, 0.2) is 36.0 Å². The van der Waals surface area contributed by atoms with E-state index in [9.17, 15) is 18.8 Å². The molecule has 8 heteroatoms. The Morgan fingerprint density at radius 3 is 2.33 bits per heavy atom. The van der Waals surface area contributed by atoms with E-state index in [4.69, 9.17) is 5.11 Å². The van der Waals surface area contributed by atoms with Crippen molar-refractivity contribution in [2.45, 2.75) is 13.0 Å². The Balaban J connectivity index is 2.31. The fraction of sp³-hybridized carbons (Fsp3) is 0.312. The molecule has 0 atom stereocenters. The van der Waals surface area contributed by atoms with Crippen LogP contribution in [0.5, 0.6) is 0 Å². The monoisotopic (exact) mass is 335 g/mol. The molecule has 2 rings (SSSR count). The normalized spacial score (nSPS) is 15.5. The van der Waals surface area contributed by atoms with E-state index < -0.39 is 17.8 Å². The number of rotatable bonds is 5. The van der Waals surface area contributed by atoms with Gasteiger partial charge in [0.25, 0.3) is 0 Å². The number of halogens is 1. The van der Waals surface area contributed by atoms with Gasteiger partial charge in [-0.05, 0) is 38.2 Å². The fourth-order valence-electron chi connectivity index (χ4n) is 2.37. The molecule has 24 heavy (non-hydrogen) atoms. The Morgan fingerprint density at radius 2 is 1.88 bits per heavy atom. The molecular formula is C16H18FN3O4. The van der Waals surface area contributed by atoms with Gasteiger partial charge in [-0.3, -0.25) is 9.69 Å². The van der Waals surface area contributed by atoms with Crippen molar-refractivity contribution >= 4 is 24.1 Å². The van der Waals surface area contributed by atoms with E-state index in [1.165, 1.54) is 30.2 Å². The summed E-state index contributed by atoms with van der Waals surface area (Å²) >= 11 is 0. The molecule has 1 heterocycles. The lowest BCUT2D eigenvalue weighted by molar-refractivity contribution is -0.132. The molecule has 0 saturated carbocycles. The molecule has 1 fully saturated rings. The highest BCUT2D eigenvalue weighted by molar-refractivity contribution is 6.06. The Kier molecular flexibility index (Phi) is 5.30. The highest BCUT2D eigenvalue weighted by atomic mass is 19.1. The van der Waals surface area contributed by atoms with E-state index >= 15 is 0 Å². The van der Waals surface area contributed by atoms with E-state index in [2.05, 4.69) is 0 Å². The zero-order valence-electron chi connectivity index (χ0n) is 13.3. The van der Waals surface area contributed by atoms with Crippen molar-refractivity contribution in [3.63, 3.8) is 0 Å². The minimum Gasteiger partial charge on any atom is -0.478 e. The van der Waals surface area contributed by atoms with Gasteiger partial charge in [-0.25, -0.2) is 18.9 Å². The number of likely N-dealkylation sites (N-methyl/N-ethyl adjacent to an activating group) is 1. The van der Waals surface area contributed by atoms with E-state index in [0.717, 1.165) is 17.0 Å². The summed E-state index contributed by atoms with van der Waals surface area (Å²) in [6, 6.07) is 3.97. The molecule has 1 aromatic rings. The highest BCUT2D eigenvalue weighted by Crippen LogP contribution is 2.20. The molecule has 0 aliphatic carbocycles. The number of carbonyl (C=O) groups is 3. The summed E-state index contributed by atoms with van der Waals surface area (Å²) in [6.07, 6.45) is 1.55. The number of hydrogen-bond donors (Lipinski definition) is 1. The lowest BCUT2D eigenvalue weighted by Gasteiger charge is -2.43. The van der Waals surface area contributed by atoms with Crippen molar-refractivity contribution in [2.24, 2.45) is 0 Å². The molecule has 0 radical (unpaired) electrons. The molecule has 0 bridgehead atoms. The van der Waals surface area contributed by atoms with Gasteiger partial charge in [0.15, 0.2) is 0 Å². The summed E-state index contributed by atoms with van der Waals surface area (Å²) in [4.78, 5) is 39.2. The van der Waals surface area contributed by atoms with E-state index in [1.54, 1.807) is 0 Å². The van der Waals surface area contributed by atoms with Crippen molar-refractivity contribution in [1.82, 2.24) is 9.80 Å². The van der Waals surface area contributed by atoms with Gasteiger partial charge < -0.3 is 10.0 Å². The second-order valence-electron chi connectivity index (χ2n) is 5.63. The maximum atomic E-state index is 13.0. The number of imide groups is 1. The molecule has 0 spiro atoms. The van der Waals surface area contributed by atoms with Crippen LogP contribution in [0.4, 0.5) is 14.9 Å². The van der Waals surface area contributed by atoms with Crippen molar-refractivity contribution in [1.29, 1.82) is 0 Å². The molecule has 1 aromatic carbocycles. The predicted octanol–water partition coefficient (Wildman–Crippen LogP) is 1.51. The molecule has 128 valence electrons. The van der Waals surface area contributed by atoms with E-state index in [1.807, 2.05) is 11.9 Å². The zero-order chi connectivity index (χ0) is 17.9. The summed E-state index contributed by atoms with van der Waals surface area (Å²) in [6.45, 7) is 2.49. The molecule has 3 amide bonds. The second kappa shape index (κ2) is 7.22. The van der Waals surface area contributed by atoms with Gasteiger partial charge in [0.1, 0.15) is 5.82 Å². The average Bonchev–Trinajstić information content (AvgIpc) is 2.51. The number of nitrogens with zero attached hydrogens (tertiary/aromatic N) is 3. The molecule has 0 unspecified atom stereocenters. The quantitative estimate of drug-likeness (QED) is 0.652. The standard InChI is InChI=1S/C16H18FN3O4/c1-11(15(22)23)7-19(14-8-18(2)9-14)16(24)20(10-21)13-5-3-12(17)4-6-13/h3-7,10,14H,8-9H2,1-2H3,(H,22,23)/b11-7+. The first-order chi connectivity index (χ1) is 11.3. The number of likely N-dealkylation sites (tertiary alicyclic amines) is 1. The van der Waals surface area contributed by atoms with Gasteiger partial charge >= 0.3 is 12.0 Å². The maximum Gasteiger partial charge on any atom is 0.335 e. The van der Waals surface area contributed by atoms with E-state index in [-0.39, 0.29) is 17.3 Å². The van der Waals surface area contributed by atoms with Crippen LogP contribution in [0.25, 0.3) is 0 Å². The summed E-state index contributed by atoms with van der Waals surface area (Å²) in [5.74, 6) is -1.64. The maximum absolute atomic E-state index is 13.0. The highest BCUT2D eigenvalue weighted by Gasteiger charge is 2.34. The largest absolute Gasteiger partial charge is 0.478 e. The third-order valence-corrected chi connectivity index (χ3v) is 3.75. The molecule has 1 aliphatic heterocycles. The van der Waals surface area contributed by atoms with Crippen molar-refractivity contribution in [3.8, 4) is 0 Å². The molecule has 0 aromatic heterocycles. The van der Waals surface area contributed by atoms with Crippen LogP contribution < -0.4 is 4.90 Å². The number of aliphatic carboxylic acids is 1. The molecule has 1 N–H and O–H groups in total. The number of hydrogen-bond acceptors (Lipinski definition) is 4. The molecule has 1 saturated heterocycles. The fourth-order valence-corrected chi connectivity index (χ4v) is 2.37. The third-order valence-electron chi connectivity index (χ3n) is 3.75. The van der Waals surface area contributed by atoms with E-state index in [0.29, 0.717) is 19.5 Å². The summed E-state index contributed by atoms with van der Waals surface area (Å²) in [5.41, 5.74) is 0.179. The minimum atomic E-state index is -1.15. The van der Waals surface area contributed by atoms with Gasteiger partial charge in [0, 0.05) is 19.3 Å². The van der Waals surface area contributed by atoms with Crippen molar-refractivity contribution in [2.75, 3.05) is 25.0 Å². The molecule has 1 aliphatic rings. The number of carbonyl (C=O) groups excluding carboxylic acids is 2. The molecule has 7 nitrogen and oxygen atoms in total. The number of amides is 3. The number of benzene rings is 1. The minimum absolute atomic E-state index is 0.0251. The first-order valence-corrected chi connectivity index (χ1v) is 7.26. The average molecular weight is 335 g/mol. The first-order valence-electron chi connectivity index (χ1n) is 7.26. The van der Waals surface area contributed by atoms with Gasteiger partial charge in [0.2, 0.25) is 6.41 Å². The van der Waals surface area contributed by atoms with Gasteiger partial charge in [-0.2, -0.15) is 0 Å². The number of urea groups is 1. The van der Waals surface area contributed by atoms with Gasteiger partial charge in [-0.15, -0.1) is 0 Å². The van der Waals surface area contributed by atoms with Crippen LogP contribution in [0, 0.1) is 5.82 Å². The Labute approximate surface area is 138 Å². The van der Waals surface area contributed by atoms with Gasteiger partial charge in [0.05, 0.1) is 17.3 Å². The number of carboxylic acid groups (broad SMARTS) is 1. The van der Waals surface area contributed by atoms with Crippen LogP contribution in [0.1, 0.15) is 6.92 Å². The second-order valence-corrected chi connectivity index (χ2v) is 5.63. The van der Waals surface area contributed by atoms with Gasteiger partial charge in [-0.1, -0.05) is 0 Å². The SMILES string of the molecule is C/C(=C\N(C(=O)N(C=O)c1ccc(F)cc1)C1CN(C)C1)C(=O)O. The lowest BCUT2D eigenvalue weighted by atomic mass is 10.1. The van der Waals surface area contributed by atoms with Crippen molar-refractivity contribution < 1.29 is 23.9 Å².